The van der Waals surface area contributed by atoms with Gasteiger partial charge in [-0.2, -0.15) is 0 Å². The molecule has 0 spiro atoms. The average Bonchev–Trinajstić information content (AvgIpc) is 2.55. The molecule has 3 N–H and O–H groups in total. The highest BCUT2D eigenvalue weighted by atomic mass is 127. The highest BCUT2D eigenvalue weighted by molar-refractivity contribution is 14.0. The molecule has 0 aliphatic heterocycles. The molecule has 0 aliphatic carbocycles. The van der Waals surface area contributed by atoms with Gasteiger partial charge < -0.3 is 20.7 Å². The summed E-state index contributed by atoms with van der Waals surface area (Å²) >= 11 is 0. The molecule has 1 amide bonds. The zero-order valence-electron chi connectivity index (χ0n) is 16.9. The minimum Gasteiger partial charge on any atom is -0.444 e. The topological polar surface area (TPSA) is 74.8 Å². The van der Waals surface area contributed by atoms with E-state index in [1.807, 2.05) is 6.92 Å². The zero-order valence-corrected chi connectivity index (χ0v) is 19.2. The Morgan fingerprint density at radius 3 is 2.32 bits per heavy atom. The maximum atomic E-state index is 13.6. The number of carbonyl (C=O) groups excluding carboxylic acids is 1. The smallest absolute Gasteiger partial charge is 0.407 e. The molecule has 6 nitrogen and oxygen atoms in total. The third-order valence-electron chi connectivity index (χ3n) is 3.35. The Labute approximate surface area is 182 Å². The Kier molecular flexibility index (Phi) is 12.7. The number of aliphatic imine (C=N–C) groups is 1. The lowest BCUT2D eigenvalue weighted by molar-refractivity contribution is 0.0527. The van der Waals surface area contributed by atoms with Crippen molar-refractivity contribution in [2.45, 2.75) is 46.1 Å². The predicted octanol–water partition coefficient (Wildman–Crippen LogP) is 3.60. The summed E-state index contributed by atoms with van der Waals surface area (Å²) in [5, 5.41) is 8.78. The van der Waals surface area contributed by atoms with Gasteiger partial charge in [-0.05, 0) is 52.7 Å². The second-order valence-corrected chi connectivity index (χ2v) is 6.92. The van der Waals surface area contributed by atoms with Crippen LogP contribution < -0.4 is 16.0 Å². The summed E-state index contributed by atoms with van der Waals surface area (Å²) in [5.74, 6) is -0.537. The Morgan fingerprint density at radius 1 is 1.11 bits per heavy atom. The van der Waals surface area contributed by atoms with Gasteiger partial charge >= 0.3 is 6.09 Å². The first-order valence-corrected chi connectivity index (χ1v) is 9.15. The number of alkyl carbamates (subject to hydrolysis) is 1. The number of benzene rings is 1. The molecule has 1 aromatic carbocycles. The number of nitrogens with zero attached hydrogens (tertiary/aromatic N) is 1. The van der Waals surface area contributed by atoms with Crippen LogP contribution in [0.3, 0.4) is 0 Å². The molecule has 1 rings (SSSR count). The Morgan fingerprint density at radius 2 is 1.75 bits per heavy atom. The summed E-state index contributed by atoms with van der Waals surface area (Å²) in [6.45, 7) is 9.28. The van der Waals surface area contributed by atoms with Crippen LogP contribution in [0.15, 0.2) is 23.2 Å². The van der Waals surface area contributed by atoms with Crippen LogP contribution in [0.2, 0.25) is 0 Å². The van der Waals surface area contributed by atoms with E-state index in [9.17, 15) is 13.6 Å². The van der Waals surface area contributed by atoms with E-state index in [1.54, 1.807) is 20.8 Å². The van der Waals surface area contributed by atoms with Crippen LogP contribution in [0, 0.1) is 11.6 Å². The van der Waals surface area contributed by atoms with Gasteiger partial charge in [0.1, 0.15) is 17.2 Å². The number of hydrogen-bond acceptors (Lipinski definition) is 3. The summed E-state index contributed by atoms with van der Waals surface area (Å²) in [7, 11) is 0. The SMILES string of the molecule is CCNC(=NCCCNC(=O)OC(C)(C)C)NCCc1c(F)cccc1F.I. The molecule has 0 saturated carbocycles. The van der Waals surface area contributed by atoms with E-state index >= 15 is 0 Å². The Bertz CT molecular complexity index is 617. The van der Waals surface area contributed by atoms with Gasteiger partial charge in [-0.3, -0.25) is 4.99 Å². The number of ether oxygens (including phenoxy) is 1. The van der Waals surface area contributed by atoms with Crippen LogP contribution >= 0.6 is 24.0 Å². The molecule has 160 valence electrons. The number of hydrogen-bond donors (Lipinski definition) is 3. The van der Waals surface area contributed by atoms with Crippen molar-refractivity contribution < 1.29 is 18.3 Å². The van der Waals surface area contributed by atoms with Gasteiger partial charge in [0, 0.05) is 31.7 Å². The molecule has 9 heteroatoms. The third kappa shape index (κ3) is 11.3. The number of carbonyl (C=O) groups is 1. The molecule has 0 heterocycles. The van der Waals surface area contributed by atoms with Crippen molar-refractivity contribution in [3.05, 3.63) is 35.4 Å². The molecule has 0 fully saturated rings. The number of rotatable bonds is 8. The third-order valence-corrected chi connectivity index (χ3v) is 3.35. The molecular formula is C19H31F2IN4O2. The highest BCUT2D eigenvalue weighted by Gasteiger charge is 2.15. The standard InChI is InChI=1S/C19H30F2N4O2.HI/c1-5-22-17(23-11-7-12-25-18(26)27-19(2,3)4)24-13-10-14-15(20)8-6-9-16(14)21;/h6,8-9H,5,7,10-13H2,1-4H3,(H,25,26)(H2,22,23,24);1H. The van der Waals surface area contributed by atoms with E-state index in [0.717, 1.165) is 0 Å². The lowest BCUT2D eigenvalue weighted by Gasteiger charge is -2.19. The molecule has 0 unspecified atom stereocenters. The average molecular weight is 512 g/mol. The quantitative estimate of drug-likeness (QED) is 0.216. The van der Waals surface area contributed by atoms with Crippen LogP contribution in [-0.4, -0.2) is 43.8 Å². The van der Waals surface area contributed by atoms with E-state index in [-0.39, 0.29) is 36.0 Å². The van der Waals surface area contributed by atoms with E-state index in [1.165, 1.54) is 18.2 Å². The Hall–Kier alpha value is -1.65. The number of nitrogens with one attached hydrogen (secondary N) is 3. The van der Waals surface area contributed by atoms with Gasteiger partial charge in [-0.15, -0.1) is 24.0 Å². The van der Waals surface area contributed by atoms with Crippen LogP contribution in [0.25, 0.3) is 0 Å². The largest absolute Gasteiger partial charge is 0.444 e. The summed E-state index contributed by atoms with van der Waals surface area (Å²) < 4.78 is 32.4. The van der Waals surface area contributed by atoms with Crippen LogP contribution in [-0.2, 0) is 11.2 Å². The fourth-order valence-corrected chi connectivity index (χ4v) is 2.19. The van der Waals surface area contributed by atoms with Crippen molar-refractivity contribution in [2.24, 2.45) is 4.99 Å². The first-order valence-electron chi connectivity index (χ1n) is 9.15. The van der Waals surface area contributed by atoms with Crippen molar-refractivity contribution in [3.63, 3.8) is 0 Å². The summed E-state index contributed by atoms with van der Waals surface area (Å²) in [6, 6.07) is 3.84. The monoisotopic (exact) mass is 512 g/mol. The zero-order chi connectivity index (χ0) is 20.3. The van der Waals surface area contributed by atoms with Gasteiger partial charge in [-0.25, -0.2) is 13.6 Å². The van der Waals surface area contributed by atoms with E-state index in [0.29, 0.717) is 38.6 Å². The fraction of sp³-hybridized carbons (Fsp3) is 0.579. The van der Waals surface area contributed by atoms with E-state index in [2.05, 4.69) is 20.9 Å². The first-order chi connectivity index (χ1) is 12.7. The highest BCUT2D eigenvalue weighted by Crippen LogP contribution is 2.12. The molecule has 0 aliphatic rings. The van der Waals surface area contributed by atoms with Gasteiger partial charge in [0.15, 0.2) is 5.96 Å². The summed E-state index contributed by atoms with van der Waals surface area (Å²) in [6.07, 6.45) is 0.393. The van der Waals surface area contributed by atoms with Gasteiger partial charge in [0.2, 0.25) is 0 Å². The minimum atomic E-state index is -0.549. The second kappa shape index (κ2) is 13.5. The fourth-order valence-electron chi connectivity index (χ4n) is 2.19. The van der Waals surface area contributed by atoms with Gasteiger partial charge in [0.25, 0.3) is 0 Å². The molecule has 28 heavy (non-hydrogen) atoms. The molecule has 0 radical (unpaired) electrons. The summed E-state index contributed by atoms with van der Waals surface area (Å²) in [5.41, 5.74) is -0.468. The lowest BCUT2D eigenvalue weighted by atomic mass is 10.1. The van der Waals surface area contributed by atoms with Crippen molar-refractivity contribution in [1.82, 2.24) is 16.0 Å². The minimum absolute atomic E-state index is 0. The first kappa shape index (κ1) is 26.4. The van der Waals surface area contributed by atoms with Gasteiger partial charge in [-0.1, -0.05) is 6.07 Å². The molecule has 0 bridgehead atoms. The predicted molar refractivity (Wildman–Crippen MR) is 118 cm³/mol. The summed E-state index contributed by atoms with van der Waals surface area (Å²) in [4.78, 5) is 15.9. The van der Waals surface area contributed by atoms with Crippen molar-refractivity contribution in [2.75, 3.05) is 26.2 Å². The normalized spacial score (nSPS) is 11.4. The maximum Gasteiger partial charge on any atom is 0.407 e. The lowest BCUT2D eigenvalue weighted by Crippen LogP contribution is -2.38. The molecule has 0 atom stereocenters. The van der Waals surface area contributed by atoms with Crippen LogP contribution in [0.1, 0.15) is 39.7 Å². The van der Waals surface area contributed by atoms with Crippen molar-refractivity contribution in [3.8, 4) is 0 Å². The number of guanidine groups is 1. The molecule has 0 aromatic heterocycles. The van der Waals surface area contributed by atoms with Gasteiger partial charge in [0.05, 0.1) is 0 Å². The Balaban J connectivity index is 0.00000729. The molecule has 1 aromatic rings. The van der Waals surface area contributed by atoms with Crippen LogP contribution in [0.4, 0.5) is 13.6 Å². The van der Waals surface area contributed by atoms with E-state index in [4.69, 9.17) is 4.74 Å². The number of amides is 1. The van der Waals surface area contributed by atoms with Crippen LogP contribution in [0.5, 0.6) is 0 Å². The second-order valence-electron chi connectivity index (χ2n) is 6.92. The van der Waals surface area contributed by atoms with Crippen molar-refractivity contribution in [1.29, 1.82) is 0 Å². The molecule has 0 saturated heterocycles. The van der Waals surface area contributed by atoms with Crippen molar-refractivity contribution >= 4 is 36.0 Å². The number of halogens is 3. The molecular weight excluding hydrogens is 481 g/mol. The maximum absolute atomic E-state index is 13.6. The van der Waals surface area contributed by atoms with E-state index < -0.39 is 23.3 Å².